The van der Waals surface area contributed by atoms with E-state index in [1.54, 1.807) is 31.7 Å². The van der Waals surface area contributed by atoms with Gasteiger partial charge in [-0.3, -0.25) is 4.79 Å². The largest absolute Gasteiger partial charge is 0.347 e. The molecule has 0 aliphatic heterocycles. The number of carbonyl (C=O) groups excluding carboxylic acids is 1. The Morgan fingerprint density at radius 3 is 2.74 bits per heavy atom. The van der Waals surface area contributed by atoms with E-state index >= 15 is 0 Å². The number of amides is 1. The highest BCUT2D eigenvalue weighted by Crippen LogP contribution is 2.26. The number of fused-ring (bicyclic) bond motifs is 1. The Morgan fingerprint density at radius 1 is 1.53 bits per heavy atom. The molecule has 0 fully saturated rings. The molecule has 0 radical (unpaired) electrons. The smallest absolute Gasteiger partial charge is 0.244 e. The molecular formula is C12H13BrFN3OS. The van der Waals surface area contributed by atoms with Crippen molar-refractivity contribution in [1.29, 1.82) is 0 Å². The van der Waals surface area contributed by atoms with Gasteiger partial charge in [0.05, 0.1) is 15.5 Å². The van der Waals surface area contributed by atoms with Crippen molar-refractivity contribution in [2.24, 2.45) is 0 Å². The van der Waals surface area contributed by atoms with Gasteiger partial charge in [-0.1, -0.05) is 0 Å². The van der Waals surface area contributed by atoms with E-state index in [1.165, 1.54) is 11.0 Å². The number of hydrogen-bond donors (Lipinski definition) is 1. The second-order valence-corrected chi connectivity index (χ2v) is 5.73. The summed E-state index contributed by atoms with van der Waals surface area (Å²) in [6.07, 6.45) is 0. The summed E-state index contributed by atoms with van der Waals surface area (Å²) < 4.78 is 15.9. The molecule has 0 aliphatic rings. The van der Waals surface area contributed by atoms with Crippen LogP contribution in [0.25, 0.3) is 11.0 Å². The van der Waals surface area contributed by atoms with Crippen LogP contribution in [0.4, 0.5) is 4.39 Å². The van der Waals surface area contributed by atoms with Crippen LogP contribution in [0.2, 0.25) is 0 Å². The first kappa shape index (κ1) is 14.2. The van der Waals surface area contributed by atoms with E-state index in [1.807, 2.05) is 0 Å². The van der Waals surface area contributed by atoms with Crippen LogP contribution in [0, 0.1) is 10.6 Å². The van der Waals surface area contributed by atoms with Crippen molar-refractivity contribution in [3.63, 3.8) is 0 Å². The van der Waals surface area contributed by atoms with Crippen LogP contribution >= 0.6 is 28.1 Å². The molecule has 1 unspecified atom stereocenters. The molecule has 1 N–H and O–H groups in total. The average Bonchev–Trinajstić information content (AvgIpc) is 2.63. The predicted octanol–water partition coefficient (Wildman–Crippen LogP) is 3.25. The van der Waals surface area contributed by atoms with Crippen molar-refractivity contribution in [3.8, 4) is 0 Å². The number of H-pyrrole nitrogens is 1. The van der Waals surface area contributed by atoms with Crippen molar-refractivity contribution in [1.82, 2.24) is 14.5 Å². The van der Waals surface area contributed by atoms with Crippen molar-refractivity contribution in [2.45, 2.75) is 13.0 Å². The molecule has 1 aromatic heterocycles. The van der Waals surface area contributed by atoms with Crippen LogP contribution in [0.5, 0.6) is 0 Å². The number of carbonyl (C=O) groups is 1. The number of benzene rings is 1. The van der Waals surface area contributed by atoms with Crippen LogP contribution in [0.15, 0.2) is 16.6 Å². The van der Waals surface area contributed by atoms with Gasteiger partial charge in [-0.2, -0.15) is 0 Å². The van der Waals surface area contributed by atoms with E-state index in [9.17, 15) is 9.18 Å². The third-order valence-electron chi connectivity index (χ3n) is 2.94. The van der Waals surface area contributed by atoms with Crippen molar-refractivity contribution in [3.05, 3.63) is 27.2 Å². The van der Waals surface area contributed by atoms with Gasteiger partial charge in [0.15, 0.2) is 4.77 Å². The minimum atomic E-state index is -0.450. The first-order valence-corrected chi connectivity index (χ1v) is 6.83. The lowest BCUT2D eigenvalue weighted by molar-refractivity contribution is -0.131. The number of nitrogens with one attached hydrogen (secondary N) is 1. The van der Waals surface area contributed by atoms with Gasteiger partial charge in [0, 0.05) is 20.2 Å². The zero-order valence-corrected chi connectivity index (χ0v) is 13.1. The van der Waals surface area contributed by atoms with Gasteiger partial charge in [0.1, 0.15) is 11.9 Å². The van der Waals surface area contributed by atoms with Gasteiger partial charge in [0.2, 0.25) is 5.91 Å². The highest BCUT2D eigenvalue weighted by atomic mass is 79.9. The number of aromatic nitrogens is 2. The summed E-state index contributed by atoms with van der Waals surface area (Å²) in [5, 5.41) is 0. The Hall–Kier alpha value is -1.21. The maximum absolute atomic E-state index is 13.5. The summed E-state index contributed by atoms with van der Waals surface area (Å²) in [4.78, 5) is 16.5. The molecule has 102 valence electrons. The molecule has 19 heavy (non-hydrogen) atoms. The molecule has 0 aliphatic carbocycles. The monoisotopic (exact) mass is 345 g/mol. The third kappa shape index (κ3) is 2.44. The molecule has 1 amide bonds. The summed E-state index contributed by atoms with van der Waals surface area (Å²) in [6.45, 7) is 1.77. The molecule has 0 saturated heterocycles. The average molecular weight is 346 g/mol. The Morgan fingerprint density at radius 2 is 2.16 bits per heavy atom. The summed E-state index contributed by atoms with van der Waals surface area (Å²) in [5.74, 6) is -0.445. The number of imidazole rings is 1. The number of rotatable bonds is 2. The maximum Gasteiger partial charge on any atom is 0.244 e. The fraction of sp³-hybridized carbons (Fsp3) is 0.333. The van der Waals surface area contributed by atoms with Crippen molar-refractivity contribution in [2.75, 3.05) is 14.1 Å². The lowest BCUT2D eigenvalue weighted by Crippen LogP contribution is -2.29. The highest BCUT2D eigenvalue weighted by molar-refractivity contribution is 9.10. The lowest BCUT2D eigenvalue weighted by Gasteiger charge is -2.18. The molecule has 1 aromatic carbocycles. The lowest BCUT2D eigenvalue weighted by atomic mass is 10.2. The molecule has 7 heteroatoms. The number of halogens is 2. The van der Waals surface area contributed by atoms with Crippen LogP contribution in [-0.4, -0.2) is 34.5 Å². The Labute approximate surface area is 123 Å². The van der Waals surface area contributed by atoms with Gasteiger partial charge in [-0.15, -0.1) is 0 Å². The second-order valence-electron chi connectivity index (χ2n) is 4.49. The van der Waals surface area contributed by atoms with Crippen molar-refractivity contribution < 1.29 is 9.18 Å². The van der Waals surface area contributed by atoms with E-state index in [4.69, 9.17) is 12.2 Å². The summed E-state index contributed by atoms with van der Waals surface area (Å²) in [5.41, 5.74) is 1.27. The summed E-state index contributed by atoms with van der Waals surface area (Å²) >= 11 is 8.36. The first-order valence-electron chi connectivity index (χ1n) is 5.63. The van der Waals surface area contributed by atoms with Gasteiger partial charge in [0.25, 0.3) is 0 Å². The normalized spacial score (nSPS) is 12.7. The summed E-state index contributed by atoms with van der Waals surface area (Å²) in [7, 11) is 3.37. The fourth-order valence-electron chi connectivity index (χ4n) is 1.99. The van der Waals surface area contributed by atoms with Gasteiger partial charge < -0.3 is 14.5 Å². The number of hydrogen-bond acceptors (Lipinski definition) is 2. The number of aromatic amines is 1. The Balaban J connectivity index is 2.67. The van der Waals surface area contributed by atoms with Gasteiger partial charge in [-0.05, 0) is 41.1 Å². The zero-order valence-electron chi connectivity index (χ0n) is 10.7. The van der Waals surface area contributed by atoms with E-state index in [-0.39, 0.29) is 11.7 Å². The molecular weight excluding hydrogens is 333 g/mol. The number of likely N-dealkylation sites (N-methyl/N-ethyl adjacent to an activating group) is 1. The van der Waals surface area contributed by atoms with E-state index in [0.717, 1.165) is 0 Å². The zero-order chi connectivity index (χ0) is 14.3. The van der Waals surface area contributed by atoms with Crippen LogP contribution in [0.3, 0.4) is 0 Å². The quantitative estimate of drug-likeness (QED) is 0.848. The SMILES string of the molecule is CC(C(=O)N(C)C)n1c(=S)[nH]c2cc(F)c(Br)cc21. The first-order chi connectivity index (χ1) is 8.82. The molecule has 1 atom stereocenters. The standard InChI is InChI=1S/C12H13BrFN3OS/c1-6(11(18)16(2)3)17-10-4-7(13)8(14)5-9(10)15-12(17)19/h4-6H,1-3H3,(H,15,19). The molecule has 1 heterocycles. The minimum absolute atomic E-state index is 0.0718. The Bertz CT molecular complexity index is 707. The third-order valence-corrected chi connectivity index (χ3v) is 3.85. The summed E-state index contributed by atoms with van der Waals surface area (Å²) in [6, 6.07) is 2.53. The predicted molar refractivity (Wildman–Crippen MR) is 78.2 cm³/mol. The van der Waals surface area contributed by atoms with Crippen LogP contribution < -0.4 is 0 Å². The fourth-order valence-corrected chi connectivity index (χ4v) is 2.69. The molecule has 0 spiro atoms. The minimum Gasteiger partial charge on any atom is -0.347 e. The molecule has 4 nitrogen and oxygen atoms in total. The van der Waals surface area contributed by atoms with Crippen molar-refractivity contribution >= 4 is 45.1 Å². The maximum atomic E-state index is 13.5. The van der Waals surface area contributed by atoms with E-state index in [2.05, 4.69) is 20.9 Å². The van der Waals surface area contributed by atoms with Crippen LogP contribution in [0.1, 0.15) is 13.0 Å². The molecule has 0 bridgehead atoms. The van der Waals surface area contributed by atoms with Crippen LogP contribution in [-0.2, 0) is 4.79 Å². The van der Waals surface area contributed by atoms with Gasteiger partial charge >= 0.3 is 0 Å². The highest BCUT2D eigenvalue weighted by Gasteiger charge is 2.20. The molecule has 0 saturated carbocycles. The van der Waals surface area contributed by atoms with E-state index < -0.39 is 6.04 Å². The molecule has 2 aromatic rings. The van der Waals surface area contributed by atoms with Gasteiger partial charge in [-0.25, -0.2) is 4.39 Å². The topological polar surface area (TPSA) is 41.0 Å². The number of nitrogens with zero attached hydrogens (tertiary/aromatic N) is 2. The molecule has 2 rings (SSSR count). The Kier molecular flexibility index (Phi) is 3.78. The van der Waals surface area contributed by atoms with E-state index in [0.29, 0.717) is 20.3 Å². The second kappa shape index (κ2) is 5.05.